The molecule has 0 aliphatic carbocycles. The summed E-state index contributed by atoms with van der Waals surface area (Å²) in [5, 5.41) is 3.01. The van der Waals surface area contributed by atoms with Gasteiger partial charge in [0.05, 0.1) is 0 Å². The normalized spacial score (nSPS) is 12.3. The summed E-state index contributed by atoms with van der Waals surface area (Å²) in [7, 11) is -4.23. The molecule has 0 heterocycles. The Kier molecular flexibility index (Phi) is 6.89. The van der Waals surface area contributed by atoms with E-state index in [-0.39, 0.29) is 0 Å². The number of anilines is 1. The third kappa shape index (κ3) is 6.02. The van der Waals surface area contributed by atoms with Crippen molar-refractivity contribution in [1.82, 2.24) is 4.72 Å². The molecular weight excluding hydrogens is 399 g/mol. The first-order valence-electron chi connectivity index (χ1n) is 7.69. The van der Waals surface area contributed by atoms with Crippen LogP contribution in [-0.4, -0.2) is 32.9 Å². The lowest BCUT2D eigenvalue weighted by atomic mass is 10.3. The summed E-state index contributed by atoms with van der Waals surface area (Å²) in [6, 6.07) is 11.0. The van der Waals surface area contributed by atoms with Crippen molar-refractivity contribution < 1.29 is 27.1 Å². The molecule has 0 fully saturated rings. The number of hydrogen-bond acceptors (Lipinski definition) is 5. The van der Waals surface area contributed by atoms with Crippen LogP contribution in [0.15, 0.2) is 53.4 Å². The second kappa shape index (κ2) is 8.94. The number of esters is 1. The summed E-state index contributed by atoms with van der Waals surface area (Å²) in [5.74, 6) is -2.55. The number of sulfonamides is 1. The quantitative estimate of drug-likeness (QED) is 0.677. The molecule has 2 N–H and O–H groups in total. The Morgan fingerprint density at radius 1 is 1.15 bits per heavy atom. The number of halogens is 2. The van der Waals surface area contributed by atoms with Gasteiger partial charge >= 0.3 is 5.97 Å². The van der Waals surface area contributed by atoms with E-state index in [0.29, 0.717) is 10.7 Å². The number of benzene rings is 2. The van der Waals surface area contributed by atoms with Crippen LogP contribution in [0.3, 0.4) is 0 Å². The lowest BCUT2D eigenvalue weighted by Gasteiger charge is -2.14. The average molecular weight is 415 g/mol. The van der Waals surface area contributed by atoms with E-state index in [2.05, 4.69) is 5.32 Å². The van der Waals surface area contributed by atoms with Gasteiger partial charge in [-0.25, -0.2) is 12.8 Å². The van der Waals surface area contributed by atoms with Crippen molar-refractivity contribution in [1.29, 1.82) is 0 Å². The summed E-state index contributed by atoms with van der Waals surface area (Å²) in [6.45, 7) is 0.573. The molecule has 0 aromatic heterocycles. The van der Waals surface area contributed by atoms with Crippen LogP contribution in [0.2, 0.25) is 5.02 Å². The first-order valence-corrected chi connectivity index (χ1v) is 9.55. The van der Waals surface area contributed by atoms with Crippen LogP contribution >= 0.6 is 11.6 Å². The van der Waals surface area contributed by atoms with Crippen LogP contribution in [0, 0.1) is 5.82 Å². The molecule has 10 heteroatoms. The summed E-state index contributed by atoms with van der Waals surface area (Å²) in [4.78, 5) is 23.2. The highest BCUT2D eigenvalue weighted by molar-refractivity contribution is 7.89. The fourth-order valence-corrected chi connectivity index (χ4v) is 3.14. The molecule has 2 rings (SSSR count). The van der Waals surface area contributed by atoms with Gasteiger partial charge in [-0.05, 0) is 43.3 Å². The van der Waals surface area contributed by atoms with E-state index >= 15 is 0 Å². The van der Waals surface area contributed by atoms with Crippen LogP contribution in [-0.2, 0) is 24.3 Å². The maximum atomic E-state index is 13.6. The number of amides is 1. The molecule has 2 aromatic rings. The predicted octanol–water partition coefficient (Wildman–Crippen LogP) is 2.33. The molecule has 27 heavy (non-hydrogen) atoms. The van der Waals surface area contributed by atoms with Crippen molar-refractivity contribution in [2.24, 2.45) is 0 Å². The first-order chi connectivity index (χ1) is 12.7. The van der Waals surface area contributed by atoms with E-state index in [1.54, 1.807) is 24.3 Å². The molecule has 7 nitrogen and oxygen atoms in total. The summed E-state index contributed by atoms with van der Waals surface area (Å²) in [5.41, 5.74) is 0.451. The Bertz CT molecular complexity index is 935. The molecule has 1 atom stereocenters. The van der Waals surface area contributed by atoms with Crippen LogP contribution in [0.4, 0.5) is 10.1 Å². The molecule has 1 amide bonds. The molecule has 0 spiro atoms. The van der Waals surface area contributed by atoms with Crippen molar-refractivity contribution in [2.45, 2.75) is 17.9 Å². The SMILES string of the molecule is C[C@H](OC(=O)CNS(=O)(=O)c1ccccc1F)C(=O)Nc1ccc(Cl)cc1. The average Bonchev–Trinajstić information content (AvgIpc) is 2.62. The van der Waals surface area contributed by atoms with Gasteiger partial charge in [0, 0.05) is 10.7 Å². The third-order valence-electron chi connectivity index (χ3n) is 3.32. The number of carbonyl (C=O) groups is 2. The Labute approximate surface area is 160 Å². The Morgan fingerprint density at radius 2 is 1.78 bits per heavy atom. The van der Waals surface area contributed by atoms with E-state index in [1.165, 1.54) is 19.1 Å². The zero-order valence-electron chi connectivity index (χ0n) is 14.1. The molecule has 0 aliphatic rings. The Balaban J connectivity index is 1.88. The van der Waals surface area contributed by atoms with Crippen molar-refractivity contribution in [2.75, 3.05) is 11.9 Å². The smallest absolute Gasteiger partial charge is 0.321 e. The lowest BCUT2D eigenvalue weighted by Crippen LogP contribution is -2.36. The van der Waals surface area contributed by atoms with E-state index in [4.69, 9.17) is 16.3 Å². The summed E-state index contributed by atoms with van der Waals surface area (Å²) >= 11 is 5.74. The van der Waals surface area contributed by atoms with Gasteiger partial charge in [0.15, 0.2) is 6.10 Å². The fraction of sp³-hybridized carbons (Fsp3) is 0.176. The van der Waals surface area contributed by atoms with Gasteiger partial charge in [-0.3, -0.25) is 9.59 Å². The zero-order chi connectivity index (χ0) is 20.0. The summed E-state index contributed by atoms with van der Waals surface area (Å²) in [6.07, 6.45) is -1.17. The van der Waals surface area contributed by atoms with Gasteiger partial charge in [-0.15, -0.1) is 0 Å². The molecule has 0 bridgehead atoms. The lowest BCUT2D eigenvalue weighted by molar-refractivity contribution is -0.151. The second-order valence-corrected chi connectivity index (χ2v) is 7.56. The van der Waals surface area contributed by atoms with Crippen LogP contribution < -0.4 is 10.0 Å². The largest absolute Gasteiger partial charge is 0.452 e. The van der Waals surface area contributed by atoms with Gasteiger partial charge in [0.25, 0.3) is 5.91 Å². The minimum absolute atomic E-state index is 0.451. The van der Waals surface area contributed by atoms with E-state index in [1.807, 2.05) is 4.72 Å². The molecule has 0 aliphatic heterocycles. The predicted molar refractivity (Wildman–Crippen MR) is 97.2 cm³/mol. The van der Waals surface area contributed by atoms with Gasteiger partial charge in [-0.2, -0.15) is 4.72 Å². The topological polar surface area (TPSA) is 102 Å². The number of nitrogens with one attached hydrogen (secondary N) is 2. The van der Waals surface area contributed by atoms with E-state index in [0.717, 1.165) is 12.1 Å². The number of hydrogen-bond donors (Lipinski definition) is 2. The third-order valence-corrected chi connectivity index (χ3v) is 5.01. The number of carbonyl (C=O) groups excluding carboxylic acids is 2. The molecular formula is C17H16ClFN2O5S. The molecule has 0 radical (unpaired) electrons. The molecule has 0 saturated carbocycles. The van der Waals surface area contributed by atoms with Gasteiger partial charge in [0.2, 0.25) is 10.0 Å². The number of ether oxygens (including phenoxy) is 1. The van der Waals surface area contributed by atoms with Crippen molar-refractivity contribution in [3.05, 3.63) is 59.4 Å². The summed E-state index contributed by atoms with van der Waals surface area (Å²) < 4.78 is 44.4. The minimum atomic E-state index is -4.23. The minimum Gasteiger partial charge on any atom is -0.452 e. The van der Waals surface area contributed by atoms with Gasteiger partial charge in [-0.1, -0.05) is 23.7 Å². The van der Waals surface area contributed by atoms with Crippen LogP contribution in [0.5, 0.6) is 0 Å². The highest BCUT2D eigenvalue weighted by Gasteiger charge is 2.22. The van der Waals surface area contributed by atoms with Gasteiger partial charge in [0.1, 0.15) is 17.3 Å². The standard InChI is InChI=1S/C17H16ClFN2O5S/c1-11(17(23)21-13-8-6-12(18)7-9-13)26-16(22)10-20-27(24,25)15-5-3-2-4-14(15)19/h2-9,11,20H,10H2,1H3,(H,21,23)/t11-/m0/s1. The Morgan fingerprint density at radius 3 is 2.41 bits per heavy atom. The van der Waals surface area contributed by atoms with Crippen LogP contribution in [0.25, 0.3) is 0 Å². The van der Waals surface area contributed by atoms with Crippen LogP contribution in [0.1, 0.15) is 6.92 Å². The van der Waals surface area contributed by atoms with Gasteiger partial charge < -0.3 is 10.1 Å². The van der Waals surface area contributed by atoms with Crippen molar-refractivity contribution in [3.63, 3.8) is 0 Å². The molecule has 0 saturated heterocycles. The molecule has 144 valence electrons. The maximum Gasteiger partial charge on any atom is 0.321 e. The first kappa shape index (κ1) is 20.8. The fourth-order valence-electron chi connectivity index (χ4n) is 1.96. The molecule has 2 aromatic carbocycles. The highest BCUT2D eigenvalue weighted by Crippen LogP contribution is 2.14. The number of rotatable bonds is 7. The van der Waals surface area contributed by atoms with E-state index in [9.17, 15) is 22.4 Å². The second-order valence-electron chi connectivity index (χ2n) is 5.38. The van der Waals surface area contributed by atoms with Crippen molar-refractivity contribution >= 4 is 39.2 Å². The monoisotopic (exact) mass is 414 g/mol. The molecule has 0 unspecified atom stereocenters. The van der Waals surface area contributed by atoms with E-state index < -0.39 is 45.3 Å². The zero-order valence-corrected chi connectivity index (χ0v) is 15.7. The highest BCUT2D eigenvalue weighted by atomic mass is 35.5. The Hall–Kier alpha value is -2.49. The van der Waals surface area contributed by atoms with Crippen molar-refractivity contribution in [3.8, 4) is 0 Å². The maximum absolute atomic E-state index is 13.6.